The summed E-state index contributed by atoms with van der Waals surface area (Å²) in [4.78, 5) is 74.1. The third kappa shape index (κ3) is 9.15. The molecule has 3 heterocycles. The highest BCUT2D eigenvalue weighted by molar-refractivity contribution is 6.38. The van der Waals surface area contributed by atoms with E-state index in [1.54, 1.807) is 27.7 Å². The van der Waals surface area contributed by atoms with Crippen molar-refractivity contribution in [3.05, 3.63) is 35.1 Å². The first-order valence-corrected chi connectivity index (χ1v) is 17.0. The third-order valence-electron chi connectivity index (χ3n) is 9.27. The molecule has 0 aromatic heterocycles. The summed E-state index contributed by atoms with van der Waals surface area (Å²) in [5.41, 5.74) is -3.80. The Morgan fingerprint density at radius 1 is 1.08 bits per heavy atom. The minimum absolute atomic E-state index is 0.0305. The van der Waals surface area contributed by atoms with Gasteiger partial charge < -0.3 is 35.2 Å². The molecule has 1 saturated carbocycles. The van der Waals surface area contributed by atoms with Crippen molar-refractivity contribution in [1.82, 2.24) is 20.9 Å². The van der Waals surface area contributed by atoms with E-state index in [0.717, 1.165) is 25.0 Å². The smallest absolute Gasteiger partial charge is 0.416 e. The number of ether oxygens (including phenoxy) is 2. The lowest BCUT2D eigenvalue weighted by Crippen LogP contribution is -2.59. The number of Topliss-reactive ketones (excluding diaryl/α,β-unsaturated/α-hetero) is 1. The maximum absolute atomic E-state index is 14.4. The lowest BCUT2D eigenvalue weighted by molar-refractivity contribution is -0.144. The van der Waals surface area contributed by atoms with Crippen molar-refractivity contribution in [1.29, 1.82) is 0 Å². The Morgan fingerprint density at radius 2 is 1.80 bits per heavy atom. The molecule has 0 unspecified atom stereocenters. The molecule has 1 aliphatic carbocycles. The van der Waals surface area contributed by atoms with Gasteiger partial charge in [0.1, 0.15) is 24.0 Å². The molecule has 0 radical (unpaired) electrons. The predicted molar refractivity (Wildman–Crippen MR) is 172 cm³/mol. The largest absolute Gasteiger partial charge is 0.444 e. The van der Waals surface area contributed by atoms with Crippen LogP contribution in [0.1, 0.15) is 83.8 Å². The summed E-state index contributed by atoms with van der Waals surface area (Å²) in [7, 11) is 0. The second kappa shape index (κ2) is 14.8. The average Bonchev–Trinajstić information content (AvgIpc) is 3.39. The van der Waals surface area contributed by atoms with Crippen LogP contribution in [0.15, 0.2) is 23.4 Å². The van der Waals surface area contributed by atoms with Crippen molar-refractivity contribution in [2.75, 3.05) is 19.8 Å². The van der Waals surface area contributed by atoms with E-state index in [-0.39, 0.29) is 49.7 Å². The first-order valence-electron chi connectivity index (χ1n) is 17.0. The Hall–Kier alpha value is -4.28. The third-order valence-corrected chi connectivity index (χ3v) is 9.27. The van der Waals surface area contributed by atoms with E-state index < -0.39 is 82.4 Å². The second-order valence-corrected chi connectivity index (χ2v) is 14.7. The summed E-state index contributed by atoms with van der Waals surface area (Å²) in [6, 6.07) is -1.90. The molecule has 0 bridgehead atoms. The van der Waals surface area contributed by atoms with Crippen LogP contribution in [0.25, 0.3) is 0 Å². The van der Waals surface area contributed by atoms with Crippen LogP contribution in [0.2, 0.25) is 0 Å². The van der Waals surface area contributed by atoms with Crippen molar-refractivity contribution in [2.24, 2.45) is 10.6 Å². The Bertz CT molecular complexity index is 1570. The molecule has 17 heteroatoms. The van der Waals surface area contributed by atoms with Gasteiger partial charge in [-0.25, -0.2) is 9.18 Å². The Kier molecular flexibility index (Phi) is 11.0. The number of nitrogens with one attached hydrogen (secondary N) is 3. The molecule has 51 heavy (non-hydrogen) atoms. The van der Waals surface area contributed by atoms with Gasteiger partial charge in [-0.15, -0.1) is 0 Å². The minimum Gasteiger partial charge on any atom is -0.444 e. The number of carbonyl (C=O) groups excluding carboxylic acids is 5. The number of amides is 4. The molecule has 4 aliphatic rings. The highest BCUT2D eigenvalue weighted by Gasteiger charge is 2.56. The van der Waals surface area contributed by atoms with E-state index >= 15 is 0 Å². The first-order chi connectivity index (χ1) is 23.9. The fourth-order valence-electron chi connectivity index (χ4n) is 6.40. The molecule has 4 amide bonds. The Labute approximate surface area is 292 Å². The summed E-state index contributed by atoms with van der Waals surface area (Å²) in [5.74, 6) is -4.31. The van der Waals surface area contributed by atoms with Gasteiger partial charge in [-0.2, -0.15) is 13.2 Å². The number of carbonyl (C=O) groups is 5. The standard InChI is InChI=1S/C34H43F4N5O8/c1-5-6-23(26(44)29(46)39-21-7-8-21)40-28(45)25-15-33(14-24(42-51-33)18-11-19(34(36,37)38)13-20(35)12-18)17-43(25)30(47)27(32(2,3)4)41-31(48)50-22-9-10-49-16-22/h11-13,21-23,25,27H,5-10,14-17H2,1-4H3,(H,39,46)(H,40,45)(H,41,48)/t22-,23+,25+,27-,33+/m1/s1. The zero-order chi connectivity index (χ0) is 37.3. The van der Waals surface area contributed by atoms with Crippen LogP contribution < -0.4 is 16.0 Å². The molecule has 3 fully saturated rings. The van der Waals surface area contributed by atoms with Crippen molar-refractivity contribution in [3.63, 3.8) is 0 Å². The zero-order valence-electron chi connectivity index (χ0n) is 28.9. The molecular weight excluding hydrogens is 682 g/mol. The van der Waals surface area contributed by atoms with E-state index in [9.17, 15) is 41.5 Å². The SMILES string of the molecule is CCC[C@H](NC(=O)[C@@H]1C[C@@]2(CC(c3cc(F)cc(C(F)(F)F)c3)=NO2)CN1C(=O)[C@@H](NC(=O)O[C@@H]1CCOC1)C(C)(C)C)C(=O)C(=O)NC1CC1. The lowest BCUT2D eigenvalue weighted by atomic mass is 9.85. The zero-order valence-corrected chi connectivity index (χ0v) is 28.9. The lowest BCUT2D eigenvalue weighted by Gasteiger charge is -2.35. The van der Waals surface area contributed by atoms with Crippen molar-refractivity contribution >= 4 is 35.3 Å². The van der Waals surface area contributed by atoms with E-state index in [1.807, 2.05) is 0 Å². The molecule has 5 atom stereocenters. The van der Waals surface area contributed by atoms with Crippen molar-refractivity contribution in [3.8, 4) is 0 Å². The fourth-order valence-corrected chi connectivity index (χ4v) is 6.40. The van der Waals surface area contributed by atoms with Gasteiger partial charge in [0.25, 0.3) is 5.91 Å². The summed E-state index contributed by atoms with van der Waals surface area (Å²) >= 11 is 0. The van der Waals surface area contributed by atoms with Gasteiger partial charge in [0.2, 0.25) is 17.6 Å². The Balaban J connectivity index is 1.41. The van der Waals surface area contributed by atoms with Crippen molar-refractivity contribution < 1.29 is 55.8 Å². The number of rotatable bonds is 11. The van der Waals surface area contributed by atoms with E-state index in [0.29, 0.717) is 25.5 Å². The highest BCUT2D eigenvalue weighted by atomic mass is 19.4. The number of ketones is 1. The number of hydrogen-bond donors (Lipinski definition) is 3. The number of likely N-dealkylation sites (tertiary alicyclic amines) is 1. The molecule has 5 rings (SSSR count). The van der Waals surface area contributed by atoms with Crippen LogP contribution in [0.4, 0.5) is 22.4 Å². The van der Waals surface area contributed by atoms with E-state index in [2.05, 4.69) is 21.1 Å². The molecule has 2 saturated heterocycles. The van der Waals surface area contributed by atoms with Gasteiger partial charge in [-0.05, 0) is 42.9 Å². The van der Waals surface area contributed by atoms with Crippen LogP contribution in [0.5, 0.6) is 0 Å². The number of nitrogens with zero attached hydrogens (tertiary/aromatic N) is 2. The molecular formula is C34H43F4N5O8. The maximum Gasteiger partial charge on any atom is 0.416 e. The summed E-state index contributed by atoms with van der Waals surface area (Å²) in [5, 5.41) is 11.8. The van der Waals surface area contributed by atoms with Crippen LogP contribution in [-0.4, -0.2) is 95.8 Å². The number of halogens is 4. The molecule has 3 N–H and O–H groups in total. The number of alkyl halides is 3. The fraction of sp³-hybridized carbons (Fsp3) is 0.647. The first kappa shape index (κ1) is 38.0. The normalized spacial score (nSPS) is 24.4. The monoisotopic (exact) mass is 725 g/mol. The summed E-state index contributed by atoms with van der Waals surface area (Å²) < 4.78 is 65.5. The Morgan fingerprint density at radius 3 is 2.41 bits per heavy atom. The highest BCUT2D eigenvalue weighted by Crippen LogP contribution is 2.41. The molecule has 280 valence electrons. The van der Waals surface area contributed by atoms with E-state index in [1.165, 1.54) is 4.90 Å². The number of alkyl carbamates (subject to hydrolysis) is 1. The van der Waals surface area contributed by atoms with Gasteiger partial charge in [0.05, 0.1) is 37.1 Å². The minimum atomic E-state index is -4.84. The average molecular weight is 726 g/mol. The van der Waals surface area contributed by atoms with E-state index in [4.69, 9.17) is 14.3 Å². The van der Waals surface area contributed by atoms with Gasteiger partial charge in [0, 0.05) is 30.9 Å². The molecule has 1 spiro atoms. The number of oxime groups is 1. The number of benzene rings is 1. The second-order valence-electron chi connectivity index (χ2n) is 14.7. The van der Waals surface area contributed by atoms with Crippen LogP contribution in [0, 0.1) is 11.2 Å². The van der Waals surface area contributed by atoms with Crippen LogP contribution in [0.3, 0.4) is 0 Å². The predicted octanol–water partition coefficient (Wildman–Crippen LogP) is 3.37. The van der Waals surface area contributed by atoms with Crippen molar-refractivity contribution in [2.45, 2.75) is 115 Å². The maximum atomic E-state index is 14.4. The molecule has 1 aromatic carbocycles. The number of hydrogen-bond acceptors (Lipinski definition) is 9. The van der Waals surface area contributed by atoms with Gasteiger partial charge >= 0.3 is 12.3 Å². The molecule has 3 aliphatic heterocycles. The molecule has 13 nitrogen and oxygen atoms in total. The van der Waals surface area contributed by atoms with Gasteiger partial charge in [-0.3, -0.25) is 19.2 Å². The quantitative estimate of drug-likeness (QED) is 0.231. The van der Waals surface area contributed by atoms with Crippen LogP contribution in [-0.2, 0) is 39.7 Å². The summed E-state index contributed by atoms with van der Waals surface area (Å²) in [6.45, 7) is 7.16. The van der Waals surface area contributed by atoms with Crippen LogP contribution >= 0.6 is 0 Å². The van der Waals surface area contributed by atoms with Gasteiger partial charge in [0.15, 0.2) is 5.60 Å². The topological polar surface area (TPSA) is 165 Å². The molecule has 1 aromatic rings. The van der Waals surface area contributed by atoms with Gasteiger partial charge in [-0.1, -0.05) is 39.3 Å². The summed E-state index contributed by atoms with van der Waals surface area (Å²) in [6.07, 6.45) is -4.12.